The van der Waals surface area contributed by atoms with Gasteiger partial charge in [0.1, 0.15) is 5.82 Å². The number of carboxylic acid groups (broad SMARTS) is 1. The van der Waals surface area contributed by atoms with Gasteiger partial charge in [0.2, 0.25) is 0 Å². The van der Waals surface area contributed by atoms with Gasteiger partial charge >= 0.3 is 5.97 Å². The third kappa shape index (κ3) is 4.11. The van der Waals surface area contributed by atoms with E-state index in [1.807, 2.05) is 67.9 Å². The Morgan fingerprint density at radius 3 is 2.43 bits per heavy atom. The Hall–Kier alpha value is -4.23. The average Bonchev–Trinajstić information content (AvgIpc) is 3.15. The zero-order valence-corrected chi connectivity index (χ0v) is 20.1. The molecule has 2 aromatic heterocycles. The fourth-order valence-corrected chi connectivity index (χ4v) is 4.55. The van der Waals surface area contributed by atoms with E-state index in [-0.39, 0.29) is 5.56 Å². The fourth-order valence-electron chi connectivity index (χ4n) is 4.28. The molecule has 2 N–H and O–H groups in total. The van der Waals surface area contributed by atoms with Crippen LogP contribution in [0.2, 0.25) is 5.02 Å². The van der Waals surface area contributed by atoms with Gasteiger partial charge in [-0.25, -0.2) is 9.48 Å². The predicted octanol–water partition coefficient (Wildman–Crippen LogP) is 6.50. The van der Waals surface area contributed by atoms with Crippen molar-refractivity contribution in [3.8, 4) is 16.8 Å². The lowest BCUT2D eigenvalue weighted by molar-refractivity contribution is 0.0698. The number of hydrogen-bond acceptors (Lipinski definition) is 5. The van der Waals surface area contributed by atoms with Gasteiger partial charge in [-0.05, 0) is 67.8 Å². The number of benzene rings is 3. The normalized spacial score (nSPS) is 11.1. The maximum atomic E-state index is 12.1. The Balaban J connectivity index is 1.78. The first-order valence-electron chi connectivity index (χ1n) is 11.0. The lowest BCUT2D eigenvalue weighted by atomic mass is 10.0. The van der Waals surface area contributed by atoms with Gasteiger partial charge in [-0.3, -0.25) is 9.97 Å². The summed E-state index contributed by atoms with van der Waals surface area (Å²) in [5.41, 5.74) is 7.22. The summed E-state index contributed by atoms with van der Waals surface area (Å²) in [6.45, 7) is 5.77. The molecule has 0 amide bonds. The van der Waals surface area contributed by atoms with Gasteiger partial charge in [-0.1, -0.05) is 35.9 Å². The Morgan fingerprint density at radius 1 is 0.943 bits per heavy atom. The topological polar surface area (TPSA) is 92.9 Å². The first-order chi connectivity index (χ1) is 16.8. The molecule has 8 heteroatoms. The summed E-state index contributed by atoms with van der Waals surface area (Å²) in [4.78, 5) is 20.9. The van der Waals surface area contributed by atoms with Crippen LogP contribution in [0.5, 0.6) is 0 Å². The first kappa shape index (κ1) is 22.6. The molecule has 0 radical (unpaired) electrons. The lowest BCUT2D eigenvalue weighted by Crippen LogP contribution is -2.09. The first-order valence-corrected chi connectivity index (χ1v) is 11.4. The van der Waals surface area contributed by atoms with Crippen molar-refractivity contribution in [1.29, 1.82) is 0 Å². The van der Waals surface area contributed by atoms with Crippen molar-refractivity contribution in [3.63, 3.8) is 0 Å². The van der Waals surface area contributed by atoms with Crippen LogP contribution in [0.1, 0.15) is 27.2 Å². The van der Waals surface area contributed by atoms with Crippen LogP contribution in [-0.4, -0.2) is 30.8 Å². The molecule has 0 bridgehead atoms. The molecule has 3 aromatic carbocycles. The van der Waals surface area contributed by atoms with Crippen molar-refractivity contribution >= 4 is 40.1 Å². The summed E-state index contributed by atoms with van der Waals surface area (Å²) in [5.74, 6) is -0.424. The van der Waals surface area contributed by atoms with Crippen LogP contribution >= 0.6 is 11.6 Å². The molecule has 5 rings (SSSR count). The maximum Gasteiger partial charge on any atom is 0.337 e. The van der Waals surface area contributed by atoms with E-state index in [0.29, 0.717) is 22.1 Å². The molecule has 0 fully saturated rings. The molecule has 0 atom stereocenters. The number of aromatic carboxylic acids is 1. The Bertz CT molecular complexity index is 1610. The highest BCUT2D eigenvalue weighted by molar-refractivity contribution is 6.31. The Morgan fingerprint density at radius 2 is 1.69 bits per heavy atom. The highest BCUT2D eigenvalue weighted by Gasteiger charge is 2.23. The van der Waals surface area contributed by atoms with Gasteiger partial charge in [0.05, 0.1) is 33.7 Å². The van der Waals surface area contributed by atoms with Gasteiger partial charge < -0.3 is 10.4 Å². The number of carboxylic acids is 1. The number of aromatic nitrogens is 4. The second-order valence-electron chi connectivity index (χ2n) is 8.34. The number of rotatable bonds is 5. The predicted molar refractivity (Wildman–Crippen MR) is 138 cm³/mol. The molecule has 0 aliphatic carbocycles. The summed E-state index contributed by atoms with van der Waals surface area (Å²) in [6.07, 6.45) is 3.32. The van der Waals surface area contributed by atoms with Gasteiger partial charge in [0, 0.05) is 23.0 Å². The molecule has 0 spiro atoms. The summed E-state index contributed by atoms with van der Waals surface area (Å²) < 4.78 is 1.82. The molecule has 0 saturated heterocycles. The highest BCUT2D eigenvalue weighted by Crippen LogP contribution is 2.38. The van der Waals surface area contributed by atoms with E-state index in [0.717, 1.165) is 39.1 Å². The van der Waals surface area contributed by atoms with Crippen LogP contribution in [0, 0.1) is 20.8 Å². The third-order valence-electron chi connectivity index (χ3n) is 5.94. The molecule has 0 aliphatic heterocycles. The van der Waals surface area contributed by atoms with Crippen molar-refractivity contribution in [1.82, 2.24) is 19.7 Å². The number of nitrogens with zero attached hydrogens (tertiary/aromatic N) is 4. The van der Waals surface area contributed by atoms with E-state index >= 15 is 0 Å². The zero-order valence-electron chi connectivity index (χ0n) is 19.4. The Labute approximate surface area is 207 Å². The number of nitrogens with one attached hydrogen (secondary N) is 1. The molecule has 2 heterocycles. The largest absolute Gasteiger partial charge is 0.478 e. The maximum absolute atomic E-state index is 12.1. The second kappa shape index (κ2) is 8.85. The van der Waals surface area contributed by atoms with Crippen molar-refractivity contribution in [2.75, 3.05) is 5.32 Å². The number of carbonyl (C=O) groups is 1. The SMILES string of the molecule is Cc1ccccc1-n1nc(C)c(-c2ccc3nccnc3c2)c1Nc1c(C)cc(Cl)cc1C(=O)O. The van der Waals surface area contributed by atoms with E-state index in [2.05, 4.69) is 15.3 Å². The molecular weight excluding hydrogens is 462 g/mol. The number of para-hydroxylation sites is 1. The third-order valence-corrected chi connectivity index (χ3v) is 6.15. The van der Waals surface area contributed by atoms with Crippen LogP contribution in [0.25, 0.3) is 27.8 Å². The van der Waals surface area contributed by atoms with Crippen molar-refractivity contribution < 1.29 is 9.90 Å². The van der Waals surface area contributed by atoms with Crippen LogP contribution < -0.4 is 5.32 Å². The van der Waals surface area contributed by atoms with Crippen LogP contribution in [0.4, 0.5) is 11.5 Å². The minimum Gasteiger partial charge on any atom is -0.478 e. The molecule has 0 aliphatic rings. The summed E-state index contributed by atoms with van der Waals surface area (Å²) in [6, 6.07) is 17.0. The Kier molecular flexibility index (Phi) is 5.70. The molecule has 0 unspecified atom stereocenters. The van der Waals surface area contributed by atoms with Crippen LogP contribution in [-0.2, 0) is 0 Å². The minimum atomic E-state index is -1.07. The zero-order chi connectivity index (χ0) is 24.7. The van der Waals surface area contributed by atoms with E-state index in [4.69, 9.17) is 16.7 Å². The molecule has 174 valence electrons. The van der Waals surface area contributed by atoms with Crippen molar-refractivity contribution in [3.05, 3.63) is 94.4 Å². The van der Waals surface area contributed by atoms with Crippen LogP contribution in [0.15, 0.2) is 67.0 Å². The number of hydrogen-bond donors (Lipinski definition) is 2. The molecule has 35 heavy (non-hydrogen) atoms. The number of aryl methyl sites for hydroxylation is 3. The summed E-state index contributed by atoms with van der Waals surface area (Å²) in [7, 11) is 0. The lowest BCUT2D eigenvalue weighted by Gasteiger charge is -2.17. The standard InChI is InChI=1S/C27H22ClN5O2/c1-15-6-4-5-7-23(15)33-26(31-25-16(2)12-19(28)14-20(25)27(34)35)24(17(3)32-33)18-8-9-21-22(13-18)30-11-10-29-21/h4-14,31H,1-3H3,(H,34,35). The average molecular weight is 484 g/mol. The van der Waals surface area contributed by atoms with Gasteiger partial charge in [0.25, 0.3) is 0 Å². The summed E-state index contributed by atoms with van der Waals surface area (Å²) in [5, 5.41) is 18.5. The number of fused-ring (bicyclic) bond motifs is 1. The van der Waals surface area contributed by atoms with Crippen LogP contribution in [0.3, 0.4) is 0 Å². The summed E-state index contributed by atoms with van der Waals surface area (Å²) >= 11 is 6.18. The van der Waals surface area contributed by atoms with Crippen molar-refractivity contribution in [2.45, 2.75) is 20.8 Å². The minimum absolute atomic E-state index is 0.0838. The number of anilines is 2. The van der Waals surface area contributed by atoms with Gasteiger partial charge in [-0.2, -0.15) is 5.10 Å². The number of halogens is 1. The quantitative estimate of drug-likeness (QED) is 0.296. The monoisotopic (exact) mass is 483 g/mol. The second-order valence-corrected chi connectivity index (χ2v) is 8.78. The molecular formula is C27H22ClN5O2. The molecule has 5 aromatic rings. The fraction of sp³-hybridized carbons (Fsp3) is 0.111. The van der Waals surface area contributed by atoms with Gasteiger partial charge in [-0.15, -0.1) is 0 Å². The van der Waals surface area contributed by atoms with E-state index in [1.54, 1.807) is 18.5 Å². The van der Waals surface area contributed by atoms with E-state index < -0.39 is 5.97 Å². The molecule has 0 saturated carbocycles. The van der Waals surface area contributed by atoms with E-state index in [9.17, 15) is 9.90 Å². The molecule has 7 nitrogen and oxygen atoms in total. The van der Waals surface area contributed by atoms with Gasteiger partial charge in [0.15, 0.2) is 0 Å². The highest BCUT2D eigenvalue weighted by atomic mass is 35.5. The smallest absolute Gasteiger partial charge is 0.337 e. The van der Waals surface area contributed by atoms with E-state index in [1.165, 1.54) is 6.07 Å². The van der Waals surface area contributed by atoms with Crippen molar-refractivity contribution in [2.24, 2.45) is 0 Å².